The Morgan fingerprint density at radius 1 is 0.627 bits per heavy atom. The number of nitrogens with zero attached hydrogens (tertiary/aromatic N) is 2. The molecule has 0 heterocycles. The largest absolute Gasteiger partial charge is 0.444 e. The van der Waals surface area contributed by atoms with Gasteiger partial charge in [0.2, 0.25) is 5.91 Å². The fourth-order valence-corrected chi connectivity index (χ4v) is 5.44. The van der Waals surface area contributed by atoms with Gasteiger partial charge in [0.25, 0.3) is 0 Å². The molecule has 0 saturated heterocycles. The SMILES string of the molecule is CC1=CC(=O)C(C(C)(C)CC(=O)NCCCN(CCCCN(CCCNC(=O)OC(C)(C)C)C(=O)OC(C)(C)C)C(=O)OC(C)(C)C)=C(C)C1=O. The second-order valence-corrected chi connectivity index (χ2v) is 16.7. The van der Waals surface area contributed by atoms with Crippen LogP contribution in [0.5, 0.6) is 0 Å². The van der Waals surface area contributed by atoms with Gasteiger partial charge in [0.15, 0.2) is 11.6 Å². The number of Topliss-reactive ketones (excluding diaryl/α,β-unsaturated/α-hetero) is 1. The van der Waals surface area contributed by atoms with Gasteiger partial charge in [-0.15, -0.1) is 0 Å². The average Bonchev–Trinajstić information content (AvgIpc) is 2.92. The summed E-state index contributed by atoms with van der Waals surface area (Å²) in [6, 6.07) is 0. The summed E-state index contributed by atoms with van der Waals surface area (Å²) in [4.78, 5) is 79.4. The van der Waals surface area contributed by atoms with Crippen LogP contribution in [-0.2, 0) is 28.6 Å². The van der Waals surface area contributed by atoms with Crippen molar-refractivity contribution in [2.24, 2.45) is 5.41 Å². The Hall–Kier alpha value is -3.90. The van der Waals surface area contributed by atoms with E-state index in [4.69, 9.17) is 14.2 Å². The Labute approximate surface area is 305 Å². The number of allylic oxidation sites excluding steroid dienone is 4. The minimum Gasteiger partial charge on any atom is -0.444 e. The predicted octanol–water partition coefficient (Wildman–Crippen LogP) is 6.49. The molecule has 0 aromatic carbocycles. The van der Waals surface area contributed by atoms with Gasteiger partial charge in [0, 0.05) is 67.8 Å². The maximum absolute atomic E-state index is 13.1. The molecule has 1 rings (SSSR count). The number of amides is 4. The van der Waals surface area contributed by atoms with Crippen molar-refractivity contribution in [2.45, 2.75) is 139 Å². The molecule has 0 bridgehead atoms. The van der Waals surface area contributed by atoms with Crippen LogP contribution in [0.4, 0.5) is 14.4 Å². The molecule has 13 nitrogen and oxygen atoms in total. The Balaban J connectivity index is 2.77. The van der Waals surface area contributed by atoms with Gasteiger partial charge in [0.1, 0.15) is 16.8 Å². The molecule has 1 aliphatic rings. The van der Waals surface area contributed by atoms with E-state index >= 15 is 0 Å². The van der Waals surface area contributed by atoms with E-state index in [-0.39, 0.29) is 23.9 Å². The van der Waals surface area contributed by atoms with E-state index < -0.39 is 40.5 Å². The molecule has 0 aromatic heterocycles. The summed E-state index contributed by atoms with van der Waals surface area (Å²) >= 11 is 0. The molecule has 0 fully saturated rings. The second kappa shape index (κ2) is 19.1. The number of carbonyl (C=O) groups is 6. The standard InChI is InChI=1S/C38H64N4O9/c1-26-24-28(43)30(27(2)31(26)45)38(12,13)25-29(44)39-18-16-22-41(33(47)50-36(6,7)8)20-14-15-21-42(34(48)51-37(9,10)11)23-17-19-40-32(46)49-35(3,4)5/h24H,14-23,25H2,1-13H3,(H,39,44)(H,40,46). The van der Waals surface area contributed by atoms with E-state index in [1.165, 1.54) is 6.08 Å². The highest BCUT2D eigenvalue weighted by molar-refractivity contribution is 6.22. The number of alkyl carbamates (subject to hydrolysis) is 1. The van der Waals surface area contributed by atoms with Crippen LogP contribution in [0.25, 0.3) is 0 Å². The van der Waals surface area contributed by atoms with Crippen LogP contribution in [0.2, 0.25) is 0 Å². The van der Waals surface area contributed by atoms with E-state index in [9.17, 15) is 28.8 Å². The Bertz CT molecular complexity index is 1330. The molecule has 0 aromatic rings. The van der Waals surface area contributed by atoms with Crippen molar-refractivity contribution in [3.05, 3.63) is 22.8 Å². The van der Waals surface area contributed by atoms with Crippen LogP contribution < -0.4 is 10.6 Å². The number of carbonyl (C=O) groups excluding carboxylic acids is 6. The summed E-state index contributed by atoms with van der Waals surface area (Å²) in [5, 5.41) is 5.59. The van der Waals surface area contributed by atoms with Crippen LogP contribution >= 0.6 is 0 Å². The lowest BCUT2D eigenvalue weighted by atomic mass is 9.73. The molecule has 0 radical (unpaired) electrons. The third kappa shape index (κ3) is 17.7. The number of hydrogen-bond acceptors (Lipinski definition) is 9. The summed E-state index contributed by atoms with van der Waals surface area (Å²) in [6.45, 7) is 25.0. The third-order valence-electron chi connectivity index (χ3n) is 7.56. The van der Waals surface area contributed by atoms with Gasteiger partial charge >= 0.3 is 18.3 Å². The third-order valence-corrected chi connectivity index (χ3v) is 7.56. The molecular formula is C38H64N4O9. The molecule has 13 heteroatoms. The lowest BCUT2D eigenvalue weighted by molar-refractivity contribution is -0.123. The Morgan fingerprint density at radius 3 is 1.47 bits per heavy atom. The van der Waals surface area contributed by atoms with Gasteiger partial charge in [-0.25, -0.2) is 14.4 Å². The molecule has 0 saturated carbocycles. The zero-order chi connectivity index (χ0) is 39.4. The van der Waals surface area contributed by atoms with Crippen LogP contribution in [0.3, 0.4) is 0 Å². The number of unbranched alkanes of at least 4 members (excludes halogenated alkanes) is 1. The van der Waals surface area contributed by atoms with Gasteiger partial charge in [-0.2, -0.15) is 0 Å². The van der Waals surface area contributed by atoms with Crippen LogP contribution in [0.1, 0.15) is 122 Å². The van der Waals surface area contributed by atoms with Crippen molar-refractivity contribution in [1.29, 1.82) is 0 Å². The Morgan fingerprint density at radius 2 is 1.04 bits per heavy atom. The van der Waals surface area contributed by atoms with E-state index in [0.29, 0.717) is 81.7 Å². The summed E-state index contributed by atoms with van der Waals surface area (Å²) in [6.07, 6.45) is 2.00. The zero-order valence-corrected chi connectivity index (χ0v) is 33.4. The van der Waals surface area contributed by atoms with Gasteiger partial charge in [-0.1, -0.05) is 13.8 Å². The molecule has 4 amide bonds. The normalized spacial score (nSPS) is 14.1. The summed E-state index contributed by atoms with van der Waals surface area (Å²) < 4.78 is 16.5. The number of ether oxygens (including phenoxy) is 3. The van der Waals surface area contributed by atoms with E-state index in [2.05, 4.69) is 10.6 Å². The number of nitrogens with one attached hydrogen (secondary N) is 2. The van der Waals surface area contributed by atoms with Crippen molar-refractivity contribution in [1.82, 2.24) is 20.4 Å². The van der Waals surface area contributed by atoms with Gasteiger partial charge in [-0.05, 0) is 108 Å². The quantitative estimate of drug-likeness (QED) is 0.103. The lowest BCUT2D eigenvalue weighted by Crippen LogP contribution is -2.41. The fourth-order valence-electron chi connectivity index (χ4n) is 5.44. The van der Waals surface area contributed by atoms with Gasteiger partial charge in [-0.3, -0.25) is 14.4 Å². The van der Waals surface area contributed by atoms with Gasteiger partial charge < -0.3 is 34.6 Å². The molecule has 51 heavy (non-hydrogen) atoms. The highest BCUT2D eigenvalue weighted by Gasteiger charge is 2.36. The molecule has 290 valence electrons. The van der Waals surface area contributed by atoms with Crippen molar-refractivity contribution >= 4 is 35.8 Å². The maximum atomic E-state index is 13.1. The summed E-state index contributed by atoms with van der Waals surface area (Å²) in [7, 11) is 0. The predicted molar refractivity (Wildman–Crippen MR) is 196 cm³/mol. The van der Waals surface area contributed by atoms with E-state index in [1.807, 2.05) is 0 Å². The number of hydrogen-bond donors (Lipinski definition) is 2. The molecule has 1 aliphatic carbocycles. The van der Waals surface area contributed by atoms with Crippen molar-refractivity contribution in [3.8, 4) is 0 Å². The van der Waals surface area contributed by atoms with Crippen molar-refractivity contribution in [2.75, 3.05) is 39.3 Å². The first-order valence-electron chi connectivity index (χ1n) is 17.9. The first kappa shape index (κ1) is 45.1. The van der Waals surface area contributed by atoms with E-state index in [1.54, 1.807) is 99.8 Å². The first-order valence-corrected chi connectivity index (χ1v) is 17.9. The summed E-state index contributed by atoms with van der Waals surface area (Å²) in [5.41, 5.74) is -1.72. The molecule has 0 atom stereocenters. The van der Waals surface area contributed by atoms with Crippen molar-refractivity contribution in [3.63, 3.8) is 0 Å². The minimum atomic E-state index is -0.845. The van der Waals surface area contributed by atoms with Gasteiger partial charge in [0.05, 0.1) is 0 Å². The Kier molecular flexibility index (Phi) is 16.9. The van der Waals surface area contributed by atoms with Crippen LogP contribution in [0.15, 0.2) is 22.8 Å². The fraction of sp³-hybridized carbons (Fsp3) is 0.737. The van der Waals surface area contributed by atoms with E-state index in [0.717, 1.165) is 0 Å². The molecule has 0 aliphatic heterocycles. The molecule has 0 unspecified atom stereocenters. The molecule has 0 spiro atoms. The lowest BCUT2D eigenvalue weighted by Gasteiger charge is -2.30. The second-order valence-electron chi connectivity index (χ2n) is 16.7. The highest BCUT2D eigenvalue weighted by Crippen LogP contribution is 2.36. The smallest absolute Gasteiger partial charge is 0.410 e. The molecule has 2 N–H and O–H groups in total. The number of rotatable bonds is 16. The van der Waals surface area contributed by atoms with Crippen LogP contribution in [-0.4, -0.2) is 102 Å². The average molecular weight is 721 g/mol. The summed E-state index contributed by atoms with van der Waals surface area (Å²) in [5.74, 6) is -0.704. The topological polar surface area (TPSA) is 161 Å². The molecular weight excluding hydrogens is 656 g/mol. The zero-order valence-electron chi connectivity index (χ0n) is 33.4. The number of ketones is 2. The maximum Gasteiger partial charge on any atom is 0.410 e. The first-order chi connectivity index (χ1) is 23.2. The highest BCUT2D eigenvalue weighted by atomic mass is 16.6. The van der Waals surface area contributed by atoms with Crippen molar-refractivity contribution < 1.29 is 43.0 Å². The minimum absolute atomic E-state index is 0.0204. The monoisotopic (exact) mass is 720 g/mol. The van der Waals surface area contributed by atoms with Crippen LogP contribution in [0, 0.1) is 5.41 Å².